The predicted octanol–water partition coefficient (Wildman–Crippen LogP) is 6.09. The standard InChI is InChI=1S/C30H34N2OS/c1-28(2,3)34-27-26(13-8-16-31-27)30(33)14-17-32(18-15-30)20-29-19-23(21-9-4-6-11-24(21)29)22-10-5-7-12-25(22)29/h4-13,16,23,33H,14-15,17-20H2,1-3H3. The van der Waals surface area contributed by atoms with E-state index < -0.39 is 5.60 Å². The number of hydrogen-bond acceptors (Lipinski definition) is 4. The number of nitrogens with zero attached hydrogens (tertiary/aromatic N) is 2. The first-order chi connectivity index (χ1) is 16.3. The van der Waals surface area contributed by atoms with Gasteiger partial charge >= 0.3 is 0 Å². The van der Waals surface area contributed by atoms with Gasteiger partial charge < -0.3 is 10.0 Å². The van der Waals surface area contributed by atoms with E-state index in [-0.39, 0.29) is 10.2 Å². The molecule has 0 amide bonds. The molecule has 3 aromatic rings. The lowest BCUT2D eigenvalue weighted by Gasteiger charge is -2.43. The largest absolute Gasteiger partial charge is 0.385 e. The number of piperidine rings is 1. The number of hydrogen-bond donors (Lipinski definition) is 1. The van der Waals surface area contributed by atoms with Crippen molar-refractivity contribution in [3.63, 3.8) is 0 Å². The molecule has 1 N–H and O–H groups in total. The Morgan fingerprint density at radius 1 is 0.912 bits per heavy atom. The number of pyridine rings is 1. The smallest absolute Gasteiger partial charge is 0.103 e. The van der Waals surface area contributed by atoms with E-state index in [1.807, 2.05) is 12.3 Å². The number of thioether (sulfide) groups is 1. The topological polar surface area (TPSA) is 36.4 Å². The molecule has 0 radical (unpaired) electrons. The summed E-state index contributed by atoms with van der Waals surface area (Å²) < 4.78 is 0.0571. The molecule has 1 fully saturated rings. The minimum atomic E-state index is -0.806. The van der Waals surface area contributed by atoms with Crippen LogP contribution in [0, 0.1) is 0 Å². The van der Waals surface area contributed by atoms with Crippen LogP contribution in [0.5, 0.6) is 0 Å². The number of aliphatic hydroxyl groups is 1. The van der Waals surface area contributed by atoms with Crippen LogP contribution in [-0.2, 0) is 11.0 Å². The van der Waals surface area contributed by atoms with Gasteiger partial charge in [0.25, 0.3) is 0 Å². The van der Waals surface area contributed by atoms with E-state index in [0.29, 0.717) is 5.92 Å². The molecule has 1 aliphatic heterocycles. The van der Waals surface area contributed by atoms with Crippen molar-refractivity contribution in [2.45, 2.75) is 66.7 Å². The highest BCUT2D eigenvalue weighted by Crippen LogP contribution is 2.60. The van der Waals surface area contributed by atoms with Gasteiger partial charge in [0.2, 0.25) is 0 Å². The zero-order chi connectivity index (χ0) is 23.6. The number of fused-ring (bicyclic) bond motifs is 8. The molecule has 3 aliphatic rings. The summed E-state index contributed by atoms with van der Waals surface area (Å²) in [6.45, 7) is 9.45. The van der Waals surface area contributed by atoms with E-state index in [4.69, 9.17) is 0 Å². The molecule has 2 aliphatic carbocycles. The number of aromatic nitrogens is 1. The molecule has 2 heterocycles. The minimum absolute atomic E-state index is 0.0571. The third-order valence-corrected chi connectivity index (χ3v) is 9.24. The molecular weight excluding hydrogens is 436 g/mol. The van der Waals surface area contributed by atoms with Crippen molar-refractivity contribution in [2.24, 2.45) is 0 Å². The first kappa shape index (κ1) is 22.3. The number of benzene rings is 2. The normalized spacial score (nSPS) is 25.2. The Bertz CT molecular complexity index is 1170. The Morgan fingerprint density at radius 2 is 1.50 bits per heavy atom. The van der Waals surface area contributed by atoms with Crippen LogP contribution in [0.4, 0.5) is 0 Å². The molecule has 34 heavy (non-hydrogen) atoms. The van der Waals surface area contributed by atoms with Gasteiger partial charge in [-0.05, 0) is 47.6 Å². The van der Waals surface area contributed by atoms with Crippen LogP contribution in [0.3, 0.4) is 0 Å². The van der Waals surface area contributed by atoms with Crippen LogP contribution in [0.2, 0.25) is 0 Å². The third-order valence-electron chi connectivity index (χ3n) is 8.11. The van der Waals surface area contributed by atoms with Crippen LogP contribution in [-0.4, -0.2) is 39.4 Å². The van der Waals surface area contributed by atoms with E-state index >= 15 is 0 Å². The summed E-state index contributed by atoms with van der Waals surface area (Å²) in [6.07, 6.45) is 4.53. The summed E-state index contributed by atoms with van der Waals surface area (Å²) in [5.74, 6) is 0.529. The molecule has 6 rings (SSSR count). The van der Waals surface area contributed by atoms with Gasteiger partial charge in [-0.1, -0.05) is 75.4 Å². The second kappa shape index (κ2) is 7.94. The third kappa shape index (κ3) is 3.54. The van der Waals surface area contributed by atoms with Crippen molar-refractivity contribution in [1.29, 1.82) is 0 Å². The minimum Gasteiger partial charge on any atom is -0.385 e. The van der Waals surface area contributed by atoms with Gasteiger partial charge in [-0.25, -0.2) is 4.98 Å². The molecular formula is C30H34N2OS. The molecule has 1 aromatic heterocycles. The Kier molecular flexibility index (Phi) is 5.22. The average Bonchev–Trinajstić information content (AvgIpc) is 3.32. The van der Waals surface area contributed by atoms with Crippen LogP contribution in [0.15, 0.2) is 71.9 Å². The number of rotatable bonds is 4. The molecule has 0 saturated carbocycles. The van der Waals surface area contributed by atoms with Crippen molar-refractivity contribution < 1.29 is 5.11 Å². The van der Waals surface area contributed by atoms with Crippen LogP contribution >= 0.6 is 11.8 Å². The lowest BCUT2D eigenvalue weighted by atomic mass is 9.74. The fourth-order valence-corrected chi connectivity index (χ4v) is 7.72. The van der Waals surface area contributed by atoms with Gasteiger partial charge in [-0.15, -0.1) is 11.8 Å². The molecule has 4 heteroatoms. The van der Waals surface area contributed by atoms with Crippen LogP contribution in [0.25, 0.3) is 0 Å². The summed E-state index contributed by atoms with van der Waals surface area (Å²) in [5, 5.41) is 12.7. The second-order valence-corrected chi connectivity index (χ2v) is 13.2. The van der Waals surface area contributed by atoms with E-state index in [9.17, 15) is 5.11 Å². The van der Waals surface area contributed by atoms with E-state index in [1.165, 1.54) is 28.7 Å². The van der Waals surface area contributed by atoms with Gasteiger partial charge in [-0.3, -0.25) is 0 Å². The molecule has 0 spiro atoms. The molecule has 0 unspecified atom stereocenters. The molecule has 176 valence electrons. The summed E-state index contributed by atoms with van der Waals surface area (Å²) in [5.41, 5.74) is 6.37. The molecule has 0 atom stereocenters. The van der Waals surface area contributed by atoms with Crippen molar-refractivity contribution in [2.75, 3.05) is 19.6 Å². The maximum absolute atomic E-state index is 11.8. The summed E-state index contributed by atoms with van der Waals surface area (Å²) in [6, 6.07) is 22.2. The first-order valence-corrected chi connectivity index (χ1v) is 13.4. The van der Waals surface area contributed by atoms with Crippen LogP contribution < -0.4 is 0 Å². The summed E-state index contributed by atoms with van der Waals surface area (Å²) in [7, 11) is 0. The first-order valence-electron chi connectivity index (χ1n) is 12.6. The van der Waals surface area contributed by atoms with Gasteiger partial charge in [0, 0.05) is 47.5 Å². The highest BCUT2D eigenvalue weighted by Gasteiger charge is 2.53. The molecule has 2 aromatic carbocycles. The van der Waals surface area contributed by atoms with Gasteiger partial charge in [0.05, 0.1) is 5.60 Å². The van der Waals surface area contributed by atoms with Crippen molar-refractivity contribution in [1.82, 2.24) is 9.88 Å². The van der Waals surface area contributed by atoms with Gasteiger partial charge in [0.15, 0.2) is 0 Å². The number of likely N-dealkylation sites (tertiary alicyclic amines) is 1. The predicted molar refractivity (Wildman–Crippen MR) is 140 cm³/mol. The molecule has 3 nitrogen and oxygen atoms in total. The van der Waals surface area contributed by atoms with E-state index in [1.54, 1.807) is 11.8 Å². The fraction of sp³-hybridized carbons (Fsp3) is 0.433. The second-order valence-electron chi connectivity index (χ2n) is 11.4. The Hall–Kier alpha value is -2.14. The van der Waals surface area contributed by atoms with Crippen LogP contribution in [0.1, 0.15) is 73.8 Å². The lowest BCUT2D eigenvalue weighted by molar-refractivity contribution is -0.0313. The highest BCUT2D eigenvalue weighted by molar-refractivity contribution is 8.00. The van der Waals surface area contributed by atoms with Crippen molar-refractivity contribution >= 4 is 11.8 Å². The quantitative estimate of drug-likeness (QED) is 0.468. The van der Waals surface area contributed by atoms with E-state index in [2.05, 4.69) is 85.3 Å². The summed E-state index contributed by atoms with van der Waals surface area (Å²) in [4.78, 5) is 7.26. The zero-order valence-electron chi connectivity index (χ0n) is 20.4. The fourth-order valence-electron chi connectivity index (χ4n) is 6.66. The van der Waals surface area contributed by atoms with Gasteiger partial charge in [0.1, 0.15) is 5.03 Å². The lowest BCUT2D eigenvalue weighted by Crippen LogP contribution is -2.48. The Labute approximate surface area is 207 Å². The van der Waals surface area contributed by atoms with Crippen molar-refractivity contribution in [3.8, 4) is 0 Å². The molecule has 2 bridgehead atoms. The Balaban J connectivity index is 1.26. The maximum atomic E-state index is 11.8. The highest BCUT2D eigenvalue weighted by atomic mass is 32.2. The van der Waals surface area contributed by atoms with E-state index in [0.717, 1.165) is 43.1 Å². The Morgan fingerprint density at radius 3 is 2.12 bits per heavy atom. The average molecular weight is 471 g/mol. The zero-order valence-corrected chi connectivity index (χ0v) is 21.2. The molecule has 1 saturated heterocycles. The SMILES string of the molecule is CC(C)(C)Sc1ncccc1C1(O)CCN(CC23CC(c4ccccc42)c2ccccc23)CC1. The maximum Gasteiger partial charge on any atom is 0.103 e. The van der Waals surface area contributed by atoms with Gasteiger partial charge in [-0.2, -0.15) is 0 Å². The monoisotopic (exact) mass is 470 g/mol. The van der Waals surface area contributed by atoms with Crippen molar-refractivity contribution in [3.05, 3.63) is 94.7 Å². The summed E-state index contributed by atoms with van der Waals surface area (Å²) >= 11 is 1.75.